The number of benzene rings is 4. The van der Waals surface area contributed by atoms with Gasteiger partial charge in [-0.05, 0) is 60.4 Å². The molecule has 4 aromatic carbocycles. The van der Waals surface area contributed by atoms with Crippen molar-refractivity contribution in [1.82, 2.24) is 10.2 Å². The highest BCUT2D eigenvalue weighted by atomic mass is 35.5. The van der Waals surface area contributed by atoms with E-state index in [-0.39, 0.29) is 23.8 Å². The normalized spacial score (nSPS) is 11.9. The predicted molar refractivity (Wildman–Crippen MR) is 171 cm³/mol. The van der Waals surface area contributed by atoms with Crippen molar-refractivity contribution in [1.29, 1.82) is 0 Å². The molecule has 0 saturated carbocycles. The van der Waals surface area contributed by atoms with Crippen molar-refractivity contribution in [2.24, 2.45) is 0 Å². The minimum Gasteiger partial charge on any atom is -0.354 e. The van der Waals surface area contributed by atoms with Gasteiger partial charge in [0.1, 0.15) is 12.6 Å². The van der Waals surface area contributed by atoms with Crippen LogP contribution in [0.1, 0.15) is 30.0 Å². The van der Waals surface area contributed by atoms with Gasteiger partial charge in [0, 0.05) is 24.5 Å². The number of hydrogen-bond donors (Lipinski definition) is 1. The van der Waals surface area contributed by atoms with Crippen molar-refractivity contribution in [3.63, 3.8) is 0 Å². The molecule has 0 aliphatic carbocycles. The van der Waals surface area contributed by atoms with E-state index in [2.05, 4.69) is 5.32 Å². The molecular weight excluding hydrogens is 582 g/mol. The first kappa shape index (κ1) is 31.8. The Morgan fingerprint density at radius 2 is 1.42 bits per heavy atom. The number of anilines is 1. The third-order valence-corrected chi connectivity index (χ3v) is 9.11. The summed E-state index contributed by atoms with van der Waals surface area (Å²) >= 11 is 6.13. The van der Waals surface area contributed by atoms with Crippen LogP contribution in [0, 0.1) is 6.92 Å². The molecule has 0 radical (unpaired) electrons. The Kier molecular flexibility index (Phi) is 11.0. The molecule has 7 nitrogen and oxygen atoms in total. The van der Waals surface area contributed by atoms with Crippen molar-refractivity contribution >= 4 is 39.1 Å². The van der Waals surface area contributed by atoms with E-state index < -0.39 is 28.5 Å². The lowest BCUT2D eigenvalue weighted by Crippen LogP contribution is -2.53. The number of aryl methyl sites for hydroxylation is 1. The second-order valence-electron chi connectivity index (χ2n) is 10.3. The molecule has 0 spiro atoms. The fraction of sp³-hybridized carbons (Fsp3) is 0.235. The average molecular weight is 618 g/mol. The Morgan fingerprint density at radius 1 is 0.814 bits per heavy atom. The summed E-state index contributed by atoms with van der Waals surface area (Å²) in [5, 5.41) is 3.49. The SMILES string of the molecule is CCCNC(=O)[C@@H](Cc1ccccc1)N(Cc1ccc(Cl)cc1)C(=O)CN(c1ccccc1C)S(=O)(=O)c1ccccc1. The molecule has 0 aliphatic heterocycles. The summed E-state index contributed by atoms with van der Waals surface area (Å²) in [4.78, 5) is 29.6. The lowest BCUT2D eigenvalue weighted by atomic mass is 10.0. The first-order valence-corrected chi connectivity index (χ1v) is 16.0. The molecule has 0 saturated heterocycles. The first-order chi connectivity index (χ1) is 20.7. The molecule has 4 aromatic rings. The van der Waals surface area contributed by atoms with E-state index in [0.29, 0.717) is 22.8 Å². The van der Waals surface area contributed by atoms with Gasteiger partial charge in [0.2, 0.25) is 11.8 Å². The van der Waals surface area contributed by atoms with Crippen molar-refractivity contribution in [2.75, 3.05) is 17.4 Å². The van der Waals surface area contributed by atoms with Crippen LogP contribution in [0.4, 0.5) is 5.69 Å². The van der Waals surface area contributed by atoms with E-state index in [1.807, 2.05) is 43.3 Å². The van der Waals surface area contributed by atoms with E-state index in [4.69, 9.17) is 11.6 Å². The van der Waals surface area contributed by atoms with E-state index >= 15 is 0 Å². The maximum absolute atomic E-state index is 14.4. The number of halogens is 1. The molecule has 2 amide bonds. The average Bonchev–Trinajstić information content (AvgIpc) is 3.02. The van der Waals surface area contributed by atoms with Crippen LogP contribution >= 0.6 is 11.6 Å². The molecular formula is C34H36ClN3O4S. The van der Waals surface area contributed by atoms with E-state index in [0.717, 1.165) is 21.9 Å². The van der Waals surface area contributed by atoms with Gasteiger partial charge >= 0.3 is 0 Å². The fourth-order valence-corrected chi connectivity index (χ4v) is 6.41. The molecule has 0 fully saturated rings. The molecule has 43 heavy (non-hydrogen) atoms. The number of nitrogens with zero attached hydrogens (tertiary/aromatic N) is 2. The number of sulfonamides is 1. The van der Waals surface area contributed by atoms with Crippen molar-refractivity contribution in [2.45, 2.75) is 44.2 Å². The summed E-state index contributed by atoms with van der Waals surface area (Å²) in [6, 6.07) is 30.7. The second kappa shape index (κ2) is 14.8. The Morgan fingerprint density at radius 3 is 2.05 bits per heavy atom. The lowest BCUT2D eigenvalue weighted by Gasteiger charge is -2.34. The monoisotopic (exact) mass is 617 g/mol. The molecule has 0 bridgehead atoms. The van der Waals surface area contributed by atoms with Crippen LogP contribution in [0.2, 0.25) is 5.02 Å². The molecule has 0 aliphatic rings. The Hall–Kier alpha value is -4.14. The third kappa shape index (κ3) is 8.24. The van der Waals surface area contributed by atoms with Crippen LogP contribution < -0.4 is 9.62 Å². The van der Waals surface area contributed by atoms with E-state index in [9.17, 15) is 18.0 Å². The number of amides is 2. The topological polar surface area (TPSA) is 86.8 Å². The number of carbonyl (C=O) groups is 2. The Bertz CT molecular complexity index is 1610. The van der Waals surface area contributed by atoms with Gasteiger partial charge in [-0.1, -0.05) is 97.4 Å². The van der Waals surface area contributed by atoms with Gasteiger partial charge in [0.15, 0.2) is 0 Å². The summed E-state index contributed by atoms with van der Waals surface area (Å²) in [6.45, 7) is 3.79. The Balaban J connectivity index is 1.79. The highest BCUT2D eigenvalue weighted by molar-refractivity contribution is 7.92. The Labute approximate surface area is 259 Å². The van der Waals surface area contributed by atoms with Crippen LogP contribution in [-0.4, -0.2) is 44.3 Å². The molecule has 0 unspecified atom stereocenters. The molecule has 0 aromatic heterocycles. The molecule has 1 atom stereocenters. The van der Waals surface area contributed by atoms with Crippen LogP contribution in [0.3, 0.4) is 0 Å². The molecule has 1 N–H and O–H groups in total. The molecule has 224 valence electrons. The molecule has 0 heterocycles. The quantitative estimate of drug-likeness (QED) is 0.199. The minimum absolute atomic E-state index is 0.0665. The summed E-state index contributed by atoms with van der Waals surface area (Å²) in [5.74, 6) is -0.813. The first-order valence-electron chi connectivity index (χ1n) is 14.2. The van der Waals surface area contributed by atoms with Gasteiger partial charge in [-0.3, -0.25) is 13.9 Å². The van der Waals surface area contributed by atoms with Gasteiger partial charge in [0.05, 0.1) is 10.6 Å². The standard InChI is InChI=1S/C34H36ClN3O4S/c1-3-22-36-34(40)32(23-27-13-6-4-7-14-27)37(24-28-18-20-29(35)21-19-28)33(39)25-38(31-17-11-10-12-26(31)2)43(41,42)30-15-8-5-9-16-30/h4-21,32H,3,22-25H2,1-2H3,(H,36,40)/t32-/m1/s1. The van der Waals surface area contributed by atoms with Gasteiger partial charge in [-0.25, -0.2) is 8.42 Å². The third-order valence-electron chi connectivity index (χ3n) is 7.08. The van der Waals surface area contributed by atoms with Crippen molar-refractivity contribution in [3.8, 4) is 0 Å². The highest BCUT2D eigenvalue weighted by Crippen LogP contribution is 2.27. The molecule has 4 rings (SSSR count). The maximum Gasteiger partial charge on any atom is 0.264 e. The predicted octanol–water partition coefficient (Wildman–Crippen LogP) is 6.01. The van der Waals surface area contributed by atoms with Crippen LogP contribution in [0.15, 0.2) is 114 Å². The lowest BCUT2D eigenvalue weighted by molar-refractivity contribution is -0.140. The van der Waals surface area contributed by atoms with E-state index in [1.165, 1.54) is 17.0 Å². The summed E-state index contributed by atoms with van der Waals surface area (Å²) in [6.07, 6.45) is 0.983. The zero-order valence-corrected chi connectivity index (χ0v) is 25.9. The van der Waals surface area contributed by atoms with Crippen LogP contribution in [-0.2, 0) is 32.6 Å². The molecule has 9 heteroatoms. The summed E-state index contributed by atoms with van der Waals surface area (Å²) < 4.78 is 29.2. The maximum atomic E-state index is 14.4. The zero-order chi connectivity index (χ0) is 30.8. The largest absolute Gasteiger partial charge is 0.354 e. The number of para-hydroxylation sites is 1. The zero-order valence-electron chi connectivity index (χ0n) is 24.3. The number of carbonyl (C=O) groups excluding carboxylic acids is 2. The second-order valence-corrected chi connectivity index (χ2v) is 12.6. The van der Waals surface area contributed by atoms with Gasteiger partial charge in [0.25, 0.3) is 10.0 Å². The van der Waals surface area contributed by atoms with Crippen molar-refractivity contribution in [3.05, 3.63) is 131 Å². The number of hydrogen-bond acceptors (Lipinski definition) is 4. The van der Waals surface area contributed by atoms with Crippen LogP contribution in [0.25, 0.3) is 0 Å². The minimum atomic E-state index is -4.13. The van der Waals surface area contributed by atoms with Gasteiger partial charge < -0.3 is 10.2 Å². The van der Waals surface area contributed by atoms with Crippen molar-refractivity contribution < 1.29 is 18.0 Å². The summed E-state index contributed by atoms with van der Waals surface area (Å²) in [7, 11) is -4.13. The van der Waals surface area contributed by atoms with Gasteiger partial charge in [-0.15, -0.1) is 0 Å². The fourth-order valence-electron chi connectivity index (χ4n) is 4.78. The van der Waals surface area contributed by atoms with Crippen LogP contribution in [0.5, 0.6) is 0 Å². The van der Waals surface area contributed by atoms with E-state index in [1.54, 1.807) is 67.6 Å². The summed E-state index contributed by atoms with van der Waals surface area (Å²) in [5.41, 5.74) is 2.72. The highest BCUT2D eigenvalue weighted by Gasteiger charge is 2.34. The number of rotatable bonds is 13. The van der Waals surface area contributed by atoms with Gasteiger partial charge in [-0.2, -0.15) is 0 Å². The smallest absolute Gasteiger partial charge is 0.264 e. The number of nitrogens with one attached hydrogen (secondary N) is 1.